The van der Waals surface area contributed by atoms with E-state index in [1.54, 1.807) is 13.2 Å². The van der Waals surface area contributed by atoms with Crippen LogP contribution in [0.25, 0.3) is 0 Å². The van der Waals surface area contributed by atoms with Crippen molar-refractivity contribution < 1.29 is 13.9 Å². The molecule has 0 spiro atoms. The number of carbonyl (C=O) groups excluding carboxylic acids is 1. The number of carbonyl (C=O) groups is 1. The highest BCUT2D eigenvalue weighted by Crippen LogP contribution is 2.14. The molecule has 3 heteroatoms. The third-order valence-corrected chi connectivity index (χ3v) is 3.25. The lowest BCUT2D eigenvalue weighted by Crippen LogP contribution is -2.07. The maximum absolute atomic E-state index is 13.0. The number of hydrogen-bond acceptors (Lipinski definition) is 2. The van der Waals surface area contributed by atoms with Gasteiger partial charge < -0.3 is 4.74 Å². The van der Waals surface area contributed by atoms with Crippen LogP contribution in [-0.2, 0) is 17.6 Å². The zero-order valence-corrected chi connectivity index (χ0v) is 11.7. The first-order valence-corrected chi connectivity index (χ1v) is 6.48. The Morgan fingerprint density at radius 1 is 1.10 bits per heavy atom. The molecule has 0 aromatic heterocycles. The van der Waals surface area contributed by atoms with E-state index in [4.69, 9.17) is 4.74 Å². The van der Waals surface area contributed by atoms with Crippen molar-refractivity contribution in [2.45, 2.75) is 19.8 Å². The fourth-order valence-corrected chi connectivity index (χ4v) is 2.10. The summed E-state index contributed by atoms with van der Waals surface area (Å²) in [6.45, 7) is 1.82. The second-order valence-electron chi connectivity index (χ2n) is 4.81. The molecule has 104 valence electrons. The molecule has 0 aliphatic rings. The topological polar surface area (TPSA) is 26.3 Å². The Morgan fingerprint density at radius 3 is 2.40 bits per heavy atom. The lowest BCUT2D eigenvalue weighted by Gasteiger charge is -2.06. The smallest absolute Gasteiger partial charge is 0.141 e. The van der Waals surface area contributed by atoms with Crippen LogP contribution in [0.15, 0.2) is 42.5 Å². The molecule has 0 bridgehead atoms. The highest BCUT2D eigenvalue weighted by Gasteiger charge is 2.08. The van der Waals surface area contributed by atoms with Crippen molar-refractivity contribution in [2.75, 3.05) is 7.11 Å². The van der Waals surface area contributed by atoms with Gasteiger partial charge in [0.15, 0.2) is 0 Å². The van der Waals surface area contributed by atoms with E-state index in [2.05, 4.69) is 0 Å². The van der Waals surface area contributed by atoms with Gasteiger partial charge in [0, 0.05) is 12.8 Å². The first-order valence-electron chi connectivity index (χ1n) is 6.48. The van der Waals surface area contributed by atoms with Crippen molar-refractivity contribution in [3.05, 3.63) is 65.0 Å². The summed E-state index contributed by atoms with van der Waals surface area (Å²) in [4.78, 5) is 12.0. The fraction of sp³-hybridized carbons (Fsp3) is 0.235. The molecule has 0 aliphatic carbocycles. The summed E-state index contributed by atoms with van der Waals surface area (Å²) < 4.78 is 18.1. The SMILES string of the molecule is COc1ccc(CC(=O)Cc2ccc(F)cc2C)cc1. The van der Waals surface area contributed by atoms with E-state index in [-0.39, 0.29) is 11.6 Å². The highest BCUT2D eigenvalue weighted by atomic mass is 19.1. The summed E-state index contributed by atoms with van der Waals surface area (Å²) in [5.74, 6) is 0.620. The lowest BCUT2D eigenvalue weighted by molar-refractivity contribution is -0.117. The Bertz CT molecular complexity index is 603. The molecule has 0 fully saturated rings. The van der Waals surface area contributed by atoms with E-state index in [0.29, 0.717) is 12.8 Å². The molecule has 0 unspecified atom stereocenters. The third kappa shape index (κ3) is 3.67. The van der Waals surface area contributed by atoms with Crippen molar-refractivity contribution in [1.29, 1.82) is 0 Å². The van der Waals surface area contributed by atoms with Crippen LogP contribution in [0.1, 0.15) is 16.7 Å². The van der Waals surface area contributed by atoms with E-state index < -0.39 is 0 Å². The van der Waals surface area contributed by atoms with Crippen molar-refractivity contribution >= 4 is 5.78 Å². The van der Waals surface area contributed by atoms with Crippen LogP contribution >= 0.6 is 0 Å². The molecule has 20 heavy (non-hydrogen) atoms. The number of rotatable bonds is 5. The molecule has 2 aromatic rings. The Kier molecular flexibility index (Phi) is 4.51. The van der Waals surface area contributed by atoms with Gasteiger partial charge in [0.25, 0.3) is 0 Å². The zero-order chi connectivity index (χ0) is 14.5. The summed E-state index contributed by atoms with van der Waals surface area (Å²) in [5.41, 5.74) is 2.65. The number of methoxy groups -OCH3 is 1. The van der Waals surface area contributed by atoms with Crippen molar-refractivity contribution in [2.24, 2.45) is 0 Å². The molecular weight excluding hydrogens is 255 g/mol. The summed E-state index contributed by atoms with van der Waals surface area (Å²) >= 11 is 0. The standard InChI is InChI=1S/C17H17FO2/c1-12-9-15(18)6-5-14(12)11-16(19)10-13-3-7-17(20-2)8-4-13/h3-9H,10-11H2,1-2H3. The van der Waals surface area contributed by atoms with Crippen LogP contribution in [0, 0.1) is 12.7 Å². The Hall–Kier alpha value is -2.16. The first-order chi connectivity index (χ1) is 9.58. The number of halogens is 1. The van der Waals surface area contributed by atoms with E-state index in [1.165, 1.54) is 12.1 Å². The van der Waals surface area contributed by atoms with Gasteiger partial charge in [-0.3, -0.25) is 4.79 Å². The lowest BCUT2D eigenvalue weighted by atomic mass is 9.99. The molecule has 0 saturated carbocycles. The summed E-state index contributed by atoms with van der Waals surface area (Å²) in [6, 6.07) is 12.0. The quantitative estimate of drug-likeness (QED) is 0.832. The molecule has 0 N–H and O–H groups in total. The van der Waals surface area contributed by atoms with E-state index in [0.717, 1.165) is 22.4 Å². The molecule has 0 amide bonds. The number of aryl methyl sites for hydroxylation is 1. The van der Waals surface area contributed by atoms with Crippen LogP contribution in [-0.4, -0.2) is 12.9 Å². The van der Waals surface area contributed by atoms with Crippen LogP contribution < -0.4 is 4.74 Å². The van der Waals surface area contributed by atoms with Gasteiger partial charge in [-0.05, 0) is 47.9 Å². The van der Waals surface area contributed by atoms with E-state index in [9.17, 15) is 9.18 Å². The second kappa shape index (κ2) is 6.33. The molecule has 0 radical (unpaired) electrons. The predicted molar refractivity (Wildman–Crippen MR) is 76.5 cm³/mol. The largest absolute Gasteiger partial charge is 0.497 e. The number of Topliss-reactive ketones (excluding diaryl/α,β-unsaturated/α-hetero) is 1. The van der Waals surface area contributed by atoms with Crippen molar-refractivity contribution in [3.63, 3.8) is 0 Å². The Labute approximate surface area is 118 Å². The van der Waals surface area contributed by atoms with E-state index >= 15 is 0 Å². The maximum Gasteiger partial charge on any atom is 0.141 e. The minimum absolute atomic E-state index is 0.116. The van der Waals surface area contributed by atoms with Gasteiger partial charge >= 0.3 is 0 Å². The Balaban J connectivity index is 2.01. The van der Waals surface area contributed by atoms with Crippen molar-refractivity contribution in [1.82, 2.24) is 0 Å². The number of ketones is 1. The van der Waals surface area contributed by atoms with Gasteiger partial charge in [-0.1, -0.05) is 18.2 Å². The summed E-state index contributed by atoms with van der Waals surface area (Å²) in [6.07, 6.45) is 0.707. The molecule has 0 heterocycles. The van der Waals surface area contributed by atoms with Gasteiger partial charge in [-0.2, -0.15) is 0 Å². The summed E-state index contributed by atoms with van der Waals surface area (Å²) in [5, 5.41) is 0. The van der Waals surface area contributed by atoms with E-state index in [1.807, 2.05) is 31.2 Å². The summed E-state index contributed by atoms with van der Waals surface area (Å²) in [7, 11) is 1.61. The average Bonchev–Trinajstić information content (AvgIpc) is 2.43. The second-order valence-corrected chi connectivity index (χ2v) is 4.81. The molecule has 0 atom stereocenters. The third-order valence-electron chi connectivity index (χ3n) is 3.25. The predicted octanol–water partition coefficient (Wildman–Crippen LogP) is 3.50. The number of ether oxygens (including phenoxy) is 1. The highest BCUT2D eigenvalue weighted by molar-refractivity contribution is 5.83. The minimum atomic E-state index is -0.270. The van der Waals surface area contributed by atoms with Gasteiger partial charge in [-0.15, -0.1) is 0 Å². The number of hydrogen-bond donors (Lipinski definition) is 0. The van der Waals surface area contributed by atoms with Crippen LogP contribution in [0.4, 0.5) is 4.39 Å². The van der Waals surface area contributed by atoms with Crippen LogP contribution in [0.3, 0.4) is 0 Å². The van der Waals surface area contributed by atoms with Gasteiger partial charge in [-0.25, -0.2) is 4.39 Å². The fourth-order valence-electron chi connectivity index (χ4n) is 2.10. The van der Waals surface area contributed by atoms with Crippen LogP contribution in [0.2, 0.25) is 0 Å². The molecular formula is C17H17FO2. The van der Waals surface area contributed by atoms with Gasteiger partial charge in [0.2, 0.25) is 0 Å². The zero-order valence-electron chi connectivity index (χ0n) is 11.7. The molecule has 0 aliphatic heterocycles. The van der Waals surface area contributed by atoms with Crippen LogP contribution in [0.5, 0.6) is 5.75 Å². The monoisotopic (exact) mass is 272 g/mol. The normalized spacial score (nSPS) is 10.3. The molecule has 2 aromatic carbocycles. The average molecular weight is 272 g/mol. The maximum atomic E-state index is 13.0. The molecule has 2 rings (SSSR count). The van der Waals surface area contributed by atoms with Gasteiger partial charge in [0.1, 0.15) is 17.3 Å². The van der Waals surface area contributed by atoms with Crippen molar-refractivity contribution in [3.8, 4) is 5.75 Å². The number of benzene rings is 2. The Morgan fingerprint density at radius 2 is 1.80 bits per heavy atom. The minimum Gasteiger partial charge on any atom is -0.497 e. The van der Waals surface area contributed by atoms with Gasteiger partial charge in [0.05, 0.1) is 7.11 Å². The first kappa shape index (κ1) is 14.3. The molecule has 0 saturated heterocycles. The molecule has 2 nitrogen and oxygen atoms in total.